The highest BCUT2D eigenvalue weighted by molar-refractivity contribution is 5.58. The summed E-state index contributed by atoms with van der Waals surface area (Å²) in [6.07, 6.45) is 8.20. The molecule has 1 aliphatic carbocycles. The van der Waals surface area contributed by atoms with Crippen molar-refractivity contribution >= 4 is 5.69 Å². The Balaban J connectivity index is 1.67. The van der Waals surface area contributed by atoms with E-state index in [1.165, 1.54) is 37.8 Å². The minimum Gasteiger partial charge on any atom is -0.508 e. The van der Waals surface area contributed by atoms with Crippen LogP contribution in [-0.4, -0.2) is 17.8 Å². The summed E-state index contributed by atoms with van der Waals surface area (Å²) in [5.74, 6) is 1.71. The lowest BCUT2D eigenvalue weighted by atomic mass is 9.73. The number of phenolic OH excluding ortho intramolecular Hbond substituents is 1. The van der Waals surface area contributed by atoms with Gasteiger partial charge in [0.1, 0.15) is 5.75 Å². The number of nitrogens with one attached hydrogen (secondary N) is 1. The van der Waals surface area contributed by atoms with Crippen molar-refractivity contribution in [2.45, 2.75) is 50.7 Å². The van der Waals surface area contributed by atoms with Crippen LogP contribution in [0.2, 0.25) is 0 Å². The number of ether oxygens (including phenoxy) is 1. The second-order valence-corrected chi connectivity index (χ2v) is 6.58. The summed E-state index contributed by atoms with van der Waals surface area (Å²) >= 11 is 0. The molecule has 0 amide bonds. The number of hydrogen-bond donors (Lipinski definition) is 2. The lowest BCUT2D eigenvalue weighted by molar-refractivity contribution is 0.0730. The normalized spacial score (nSPS) is 33.3. The third-order valence-electron chi connectivity index (χ3n) is 5.42. The number of anilines is 1. The van der Waals surface area contributed by atoms with Crippen LogP contribution in [0.1, 0.15) is 50.2 Å². The Morgan fingerprint density at radius 1 is 1.10 bits per heavy atom. The maximum absolute atomic E-state index is 9.74. The fourth-order valence-electron chi connectivity index (χ4n) is 4.46. The molecular formula is C17H23NO2. The highest BCUT2D eigenvalue weighted by Crippen LogP contribution is 2.48. The first kappa shape index (κ1) is 12.5. The van der Waals surface area contributed by atoms with Crippen LogP contribution >= 0.6 is 0 Å². The van der Waals surface area contributed by atoms with Crippen molar-refractivity contribution in [2.24, 2.45) is 11.8 Å². The molecule has 2 heterocycles. The molecule has 3 nitrogen and oxygen atoms in total. The van der Waals surface area contributed by atoms with Gasteiger partial charge in [-0.1, -0.05) is 19.3 Å². The zero-order valence-electron chi connectivity index (χ0n) is 11.8. The van der Waals surface area contributed by atoms with E-state index in [1.807, 2.05) is 12.1 Å². The number of phenols is 1. The summed E-state index contributed by atoms with van der Waals surface area (Å²) in [5, 5.41) is 13.5. The maximum atomic E-state index is 9.74. The summed E-state index contributed by atoms with van der Waals surface area (Å²) in [7, 11) is 0. The highest BCUT2D eigenvalue weighted by Gasteiger charge is 2.43. The van der Waals surface area contributed by atoms with E-state index in [1.54, 1.807) is 6.07 Å². The van der Waals surface area contributed by atoms with Gasteiger partial charge in [0.25, 0.3) is 0 Å². The van der Waals surface area contributed by atoms with Gasteiger partial charge in [-0.3, -0.25) is 0 Å². The van der Waals surface area contributed by atoms with Gasteiger partial charge in [-0.05, 0) is 43.4 Å². The Labute approximate surface area is 120 Å². The molecule has 0 spiro atoms. The highest BCUT2D eigenvalue weighted by atomic mass is 16.5. The summed E-state index contributed by atoms with van der Waals surface area (Å²) < 4.78 is 6.01. The van der Waals surface area contributed by atoms with Crippen LogP contribution < -0.4 is 5.32 Å². The smallest absolute Gasteiger partial charge is 0.116 e. The van der Waals surface area contributed by atoms with Gasteiger partial charge in [0.2, 0.25) is 0 Å². The molecule has 1 saturated carbocycles. The summed E-state index contributed by atoms with van der Waals surface area (Å²) in [4.78, 5) is 0. The molecule has 0 bridgehead atoms. The standard InChI is InChI=1S/C17H23NO2/c19-12-6-7-15-14(10-12)17-13(8-9-20-17)16(18-15)11-4-2-1-3-5-11/h6-7,10-11,13,16-19H,1-5,8-9H2/t13-,16+,17-/m0/s1. The van der Waals surface area contributed by atoms with E-state index in [2.05, 4.69) is 5.32 Å². The lowest BCUT2D eigenvalue weighted by Gasteiger charge is -2.41. The van der Waals surface area contributed by atoms with Crippen molar-refractivity contribution in [3.8, 4) is 5.75 Å². The minimum absolute atomic E-state index is 0.185. The van der Waals surface area contributed by atoms with E-state index >= 15 is 0 Å². The van der Waals surface area contributed by atoms with Crippen LogP contribution in [0, 0.1) is 11.8 Å². The van der Waals surface area contributed by atoms with Gasteiger partial charge in [-0.15, -0.1) is 0 Å². The minimum atomic E-state index is 0.185. The monoisotopic (exact) mass is 273 g/mol. The number of fused-ring (bicyclic) bond motifs is 3. The molecule has 0 unspecified atom stereocenters. The van der Waals surface area contributed by atoms with E-state index in [9.17, 15) is 5.11 Å². The van der Waals surface area contributed by atoms with Crippen LogP contribution in [-0.2, 0) is 4.74 Å². The van der Waals surface area contributed by atoms with Gasteiger partial charge in [0.05, 0.1) is 6.10 Å². The number of benzene rings is 1. The predicted octanol–water partition coefficient (Wildman–Crippen LogP) is 3.84. The van der Waals surface area contributed by atoms with Crippen LogP contribution in [0.3, 0.4) is 0 Å². The molecule has 108 valence electrons. The molecule has 2 N–H and O–H groups in total. The largest absolute Gasteiger partial charge is 0.508 e. The first-order valence-corrected chi connectivity index (χ1v) is 8.04. The van der Waals surface area contributed by atoms with Crippen molar-refractivity contribution in [3.05, 3.63) is 23.8 Å². The van der Waals surface area contributed by atoms with Crippen molar-refractivity contribution in [1.82, 2.24) is 0 Å². The van der Waals surface area contributed by atoms with E-state index in [4.69, 9.17) is 4.74 Å². The Kier molecular flexibility index (Phi) is 3.10. The molecule has 20 heavy (non-hydrogen) atoms. The Morgan fingerprint density at radius 3 is 2.80 bits per heavy atom. The fourth-order valence-corrected chi connectivity index (χ4v) is 4.46. The molecule has 2 fully saturated rings. The van der Waals surface area contributed by atoms with Crippen LogP contribution in [0.5, 0.6) is 5.75 Å². The third-order valence-corrected chi connectivity index (χ3v) is 5.42. The molecular weight excluding hydrogens is 250 g/mol. The molecule has 0 radical (unpaired) electrons. The second kappa shape index (κ2) is 4.96. The van der Waals surface area contributed by atoms with E-state index in [-0.39, 0.29) is 6.10 Å². The average molecular weight is 273 g/mol. The molecule has 1 aromatic carbocycles. The molecule has 3 heteroatoms. The summed E-state index contributed by atoms with van der Waals surface area (Å²) in [6, 6.07) is 6.22. The number of aromatic hydroxyl groups is 1. The molecule has 3 aliphatic rings. The van der Waals surface area contributed by atoms with Crippen molar-refractivity contribution in [2.75, 3.05) is 11.9 Å². The van der Waals surface area contributed by atoms with Gasteiger partial charge in [-0.2, -0.15) is 0 Å². The molecule has 3 atom stereocenters. The van der Waals surface area contributed by atoms with Gasteiger partial charge in [0, 0.05) is 29.8 Å². The van der Waals surface area contributed by atoms with Gasteiger partial charge < -0.3 is 15.2 Å². The fraction of sp³-hybridized carbons (Fsp3) is 0.647. The summed E-state index contributed by atoms with van der Waals surface area (Å²) in [6.45, 7) is 0.856. The Hall–Kier alpha value is -1.22. The van der Waals surface area contributed by atoms with Crippen LogP contribution in [0.4, 0.5) is 5.69 Å². The zero-order chi connectivity index (χ0) is 13.5. The van der Waals surface area contributed by atoms with E-state index in [0.717, 1.165) is 24.5 Å². The van der Waals surface area contributed by atoms with E-state index < -0.39 is 0 Å². The summed E-state index contributed by atoms with van der Waals surface area (Å²) in [5.41, 5.74) is 2.32. The SMILES string of the molecule is Oc1ccc2c(c1)[C@H]1OCC[C@H]1[C@@H](C1CCCCC1)N2. The third kappa shape index (κ3) is 1.99. The number of hydrogen-bond acceptors (Lipinski definition) is 3. The van der Waals surface area contributed by atoms with Gasteiger partial charge in [0.15, 0.2) is 0 Å². The predicted molar refractivity (Wildman–Crippen MR) is 78.9 cm³/mol. The van der Waals surface area contributed by atoms with E-state index in [0.29, 0.717) is 17.7 Å². The second-order valence-electron chi connectivity index (χ2n) is 6.58. The maximum Gasteiger partial charge on any atom is 0.116 e. The lowest BCUT2D eigenvalue weighted by Crippen LogP contribution is -2.42. The van der Waals surface area contributed by atoms with Crippen LogP contribution in [0.15, 0.2) is 18.2 Å². The van der Waals surface area contributed by atoms with Crippen molar-refractivity contribution < 1.29 is 9.84 Å². The quantitative estimate of drug-likeness (QED) is 0.764. The Morgan fingerprint density at radius 2 is 1.95 bits per heavy atom. The first-order chi connectivity index (χ1) is 9.83. The van der Waals surface area contributed by atoms with Gasteiger partial charge in [-0.25, -0.2) is 0 Å². The van der Waals surface area contributed by atoms with Crippen LogP contribution in [0.25, 0.3) is 0 Å². The molecule has 1 saturated heterocycles. The Bertz CT molecular complexity index is 496. The van der Waals surface area contributed by atoms with Crippen molar-refractivity contribution in [1.29, 1.82) is 0 Å². The molecule has 0 aromatic heterocycles. The van der Waals surface area contributed by atoms with Crippen molar-refractivity contribution in [3.63, 3.8) is 0 Å². The molecule has 1 aromatic rings. The average Bonchev–Trinajstić information content (AvgIpc) is 2.97. The zero-order valence-corrected chi connectivity index (χ0v) is 11.8. The molecule has 2 aliphatic heterocycles. The first-order valence-electron chi connectivity index (χ1n) is 8.04. The topological polar surface area (TPSA) is 41.5 Å². The molecule has 4 rings (SSSR count). The number of rotatable bonds is 1. The van der Waals surface area contributed by atoms with Gasteiger partial charge >= 0.3 is 0 Å².